The number of carboxylic acids is 1. The van der Waals surface area contributed by atoms with Gasteiger partial charge >= 0.3 is 5.97 Å². The molecule has 1 aromatic carbocycles. The minimum atomic E-state index is -1.89. The standard InChI is InChI=1S/C11H15NO3/c1-11(15,10(13)14)9(12)7-8-5-3-2-4-6-8/h2-6,9,15H,7,12H2,1H3,(H,13,14)/t9?,11-/m1/s1. The molecule has 1 rings (SSSR count). The number of hydrogen-bond donors (Lipinski definition) is 3. The van der Waals surface area contributed by atoms with Crippen LogP contribution in [0.1, 0.15) is 12.5 Å². The molecule has 1 aromatic rings. The van der Waals surface area contributed by atoms with Crippen LogP contribution in [0.15, 0.2) is 30.3 Å². The maximum atomic E-state index is 10.7. The predicted molar refractivity (Wildman–Crippen MR) is 56.4 cm³/mol. The second kappa shape index (κ2) is 4.42. The van der Waals surface area contributed by atoms with Gasteiger partial charge in [0, 0.05) is 6.04 Å². The van der Waals surface area contributed by atoms with E-state index >= 15 is 0 Å². The summed E-state index contributed by atoms with van der Waals surface area (Å²) in [6.45, 7) is 1.21. The lowest BCUT2D eigenvalue weighted by Gasteiger charge is -2.25. The zero-order valence-electron chi connectivity index (χ0n) is 8.55. The van der Waals surface area contributed by atoms with E-state index in [2.05, 4.69) is 0 Å². The summed E-state index contributed by atoms with van der Waals surface area (Å²) in [5.41, 5.74) is 4.67. The Balaban J connectivity index is 2.72. The molecule has 4 N–H and O–H groups in total. The highest BCUT2D eigenvalue weighted by atomic mass is 16.4. The third kappa shape index (κ3) is 2.78. The van der Waals surface area contributed by atoms with Crippen LogP contribution in [0, 0.1) is 0 Å². The predicted octanol–water partition coefficient (Wildman–Crippen LogP) is 0.392. The van der Waals surface area contributed by atoms with Crippen molar-refractivity contribution in [3.63, 3.8) is 0 Å². The molecule has 0 aliphatic carbocycles. The molecule has 0 heterocycles. The molecule has 0 saturated heterocycles. The van der Waals surface area contributed by atoms with Crippen LogP contribution >= 0.6 is 0 Å². The molecule has 0 aliphatic heterocycles. The van der Waals surface area contributed by atoms with Gasteiger partial charge in [0.2, 0.25) is 0 Å². The van der Waals surface area contributed by atoms with Crippen LogP contribution < -0.4 is 5.73 Å². The molecule has 0 fully saturated rings. The van der Waals surface area contributed by atoms with Crippen molar-refractivity contribution in [3.8, 4) is 0 Å². The molecule has 2 atom stereocenters. The smallest absolute Gasteiger partial charge is 0.337 e. The third-order valence-corrected chi connectivity index (χ3v) is 2.45. The van der Waals surface area contributed by atoms with Crippen LogP contribution in [0.2, 0.25) is 0 Å². The van der Waals surface area contributed by atoms with Crippen molar-refractivity contribution in [2.75, 3.05) is 0 Å². The van der Waals surface area contributed by atoms with Gasteiger partial charge in [0.15, 0.2) is 5.60 Å². The molecule has 4 nitrogen and oxygen atoms in total. The van der Waals surface area contributed by atoms with Crippen molar-refractivity contribution in [2.24, 2.45) is 5.73 Å². The van der Waals surface area contributed by atoms with E-state index in [1.165, 1.54) is 6.92 Å². The van der Waals surface area contributed by atoms with E-state index in [1.807, 2.05) is 30.3 Å². The van der Waals surface area contributed by atoms with Crippen LogP contribution in [0.4, 0.5) is 0 Å². The zero-order chi connectivity index (χ0) is 11.5. The lowest BCUT2D eigenvalue weighted by Crippen LogP contribution is -2.52. The monoisotopic (exact) mass is 209 g/mol. The Kier molecular flexibility index (Phi) is 3.44. The molecule has 0 bridgehead atoms. The van der Waals surface area contributed by atoms with Gasteiger partial charge < -0.3 is 15.9 Å². The highest BCUT2D eigenvalue weighted by Gasteiger charge is 2.36. The van der Waals surface area contributed by atoms with Gasteiger partial charge in [-0.3, -0.25) is 0 Å². The first-order valence-corrected chi connectivity index (χ1v) is 4.70. The van der Waals surface area contributed by atoms with Gasteiger partial charge in [0.1, 0.15) is 0 Å². The van der Waals surface area contributed by atoms with Gasteiger partial charge in [0.05, 0.1) is 0 Å². The normalized spacial score (nSPS) is 16.7. The first-order valence-electron chi connectivity index (χ1n) is 4.70. The van der Waals surface area contributed by atoms with Crippen molar-refractivity contribution in [3.05, 3.63) is 35.9 Å². The van der Waals surface area contributed by atoms with E-state index in [9.17, 15) is 9.90 Å². The van der Waals surface area contributed by atoms with Crippen LogP contribution in [0.3, 0.4) is 0 Å². The van der Waals surface area contributed by atoms with Crippen molar-refractivity contribution in [2.45, 2.75) is 25.0 Å². The van der Waals surface area contributed by atoms with Crippen molar-refractivity contribution in [1.82, 2.24) is 0 Å². The molecule has 0 aromatic heterocycles. The number of rotatable bonds is 4. The molecule has 0 saturated carbocycles. The Morgan fingerprint density at radius 1 is 1.47 bits per heavy atom. The number of carbonyl (C=O) groups is 1. The fraction of sp³-hybridized carbons (Fsp3) is 0.364. The third-order valence-electron chi connectivity index (χ3n) is 2.45. The highest BCUT2D eigenvalue weighted by Crippen LogP contribution is 2.13. The molecule has 0 spiro atoms. The summed E-state index contributed by atoms with van der Waals surface area (Å²) in [6.07, 6.45) is 0.333. The van der Waals surface area contributed by atoms with Gasteiger partial charge in [0.25, 0.3) is 0 Å². The Labute approximate surface area is 88.3 Å². The fourth-order valence-corrected chi connectivity index (χ4v) is 1.23. The summed E-state index contributed by atoms with van der Waals surface area (Å²) in [4.78, 5) is 10.7. The number of benzene rings is 1. The van der Waals surface area contributed by atoms with Crippen LogP contribution in [0.5, 0.6) is 0 Å². The molecular formula is C11H15NO3. The summed E-state index contributed by atoms with van der Waals surface area (Å²) in [6, 6.07) is 8.42. The molecule has 4 heteroatoms. The number of hydrogen-bond acceptors (Lipinski definition) is 3. The van der Waals surface area contributed by atoms with Gasteiger partial charge in [-0.2, -0.15) is 0 Å². The first kappa shape index (κ1) is 11.7. The van der Waals surface area contributed by atoms with Crippen LogP contribution in [0.25, 0.3) is 0 Å². The van der Waals surface area contributed by atoms with E-state index in [4.69, 9.17) is 10.8 Å². The largest absolute Gasteiger partial charge is 0.479 e. The second-order valence-corrected chi connectivity index (χ2v) is 3.75. The lowest BCUT2D eigenvalue weighted by molar-refractivity contribution is -0.158. The SMILES string of the molecule is C[C@](O)(C(=O)O)C(N)Cc1ccccc1. The van der Waals surface area contributed by atoms with Gasteiger partial charge in [-0.25, -0.2) is 4.79 Å². The van der Waals surface area contributed by atoms with Gasteiger partial charge in [-0.05, 0) is 18.9 Å². The quantitative estimate of drug-likeness (QED) is 0.670. The van der Waals surface area contributed by atoms with E-state index in [0.717, 1.165) is 5.56 Å². The lowest BCUT2D eigenvalue weighted by atomic mass is 9.92. The molecule has 0 amide bonds. The first-order chi connectivity index (χ1) is 6.94. The number of nitrogens with two attached hydrogens (primary N) is 1. The Morgan fingerprint density at radius 2 is 2.00 bits per heavy atom. The van der Waals surface area contributed by atoms with E-state index in [0.29, 0.717) is 6.42 Å². The summed E-state index contributed by atoms with van der Waals surface area (Å²) >= 11 is 0. The molecule has 0 radical (unpaired) electrons. The number of aliphatic carboxylic acids is 1. The van der Waals surface area contributed by atoms with E-state index in [-0.39, 0.29) is 0 Å². The topological polar surface area (TPSA) is 83.5 Å². The highest BCUT2D eigenvalue weighted by molar-refractivity contribution is 5.77. The maximum absolute atomic E-state index is 10.7. The Hall–Kier alpha value is -1.39. The van der Waals surface area contributed by atoms with Crippen molar-refractivity contribution in [1.29, 1.82) is 0 Å². The summed E-state index contributed by atoms with van der Waals surface area (Å²) in [7, 11) is 0. The average molecular weight is 209 g/mol. The van der Waals surface area contributed by atoms with E-state index < -0.39 is 17.6 Å². The molecule has 82 valence electrons. The molecule has 1 unspecified atom stereocenters. The summed E-state index contributed by atoms with van der Waals surface area (Å²) in [5, 5.41) is 18.4. The van der Waals surface area contributed by atoms with Crippen molar-refractivity contribution < 1.29 is 15.0 Å². The minimum absolute atomic E-state index is 0.333. The van der Waals surface area contributed by atoms with E-state index in [1.54, 1.807) is 0 Å². The number of carboxylic acid groups (broad SMARTS) is 1. The minimum Gasteiger partial charge on any atom is -0.479 e. The average Bonchev–Trinajstić information content (AvgIpc) is 2.18. The molecular weight excluding hydrogens is 194 g/mol. The number of aliphatic hydroxyl groups is 1. The summed E-state index contributed by atoms with van der Waals surface area (Å²) < 4.78 is 0. The van der Waals surface area contributed by atoms with Crippen LogP contribution in [-0.4, -0.2) is 27.8 Å². The van der Waals surface area contributed by atoms with Gasteiger partial charge in [-0.15, -0.1) is 0 Å². The van der Waals surface area contributed by atoms with Crippen molar-refractivity contribution >= 4 is 5.97 Å². The molecule has 15 heavy (non-hydrogen) atoms. The summed E-state index contributed by atoms with van der Waals surface area (Å²) in [5.74, 6) is -1.30. The maximum Gasteiger partial charge on any atom is 0.337 e. The zero-order valence-corrected chi connectivity index (χ0v) is 8.55. The Bertz CT molecular complexity index is 335. The fourth-order valence-electron chi connectivity index (χ4n) is 1.23. The molecule has 0 aliphatic rings. The Morgan fingerprint density at radius 3 is 2.47 bits per heavy atom. The van der Waals surface area contributed by atoms with Gasteiger partial charge in [-0.1, -0.05) is 30.3 Å². The second-order valence-electron chi connectivity index (χ2n) is 3.75. The van der Waals surface area contributed by atoms with Crippen LogP contribution in [-0.2, 0) is 11.2 Å².